The first-order valence-electron chi connectivity index (χ1n) is 11.7. The summed E-state index contributed by atoms with van der Waals surface area (Å²) in [6, 6.07) is 5.53. The van der Waals surface area contributed by atoms with Gasteiger partial charge in [0.2, 0.25) is 17.8 Å². The molecule has 0 unspecified atom stereocenters. The number of nitrogens with zero attached hydrogens (tertiary/aromatic N) is 3. The zero-order valence-electron chi connectivity index (χ0n) is 20.5. The number of carbonyl (C=O) groups excluding carboxylic acids is 3. The predicted octanol–water partition coefficient (Wildman–Crippen LogP) is 2.25. The molecule has 1 aromatic carbocycles. The zero-order chi connectivity index (χ0) is 24.7. The number of amides is 2. The van der Waals surface area contributed by atoms with Gasteiger partial charge in [-0.3, -0.25) is 25.1 Å². The van der Waals surface area contributed by atoms with Crippen LogP contribution >= 0.6 is 0 Å². The predicted molar refractivity (Wildman–Crippen MR) is 127 cm³/mol. The summed E-state index contributed by atoms with van der Waals surface area (Å²) in [5, 5.41) is 4.66. The van der Waals surface area contributed by atoms with Crippen molar-refractivity contribution in [3.63, 3.8) is 0 Å². The fourth-order valence-corrected chi connectivity index (χ4v) is 3.75. The van der Waals surface area contributed by atoms with Gasteiger partial charge in [-0.2, -0.15) is 0 Å². The van der Waals surface area contributed by atoms with Crippen LogP contribution in [0.4, 0.5) is 5.69 Å². The van der Waals surface area contributed by atoms with Crippen molar-refractivity contribution in [2.24, 2.45) is 4.99 Å². The quantitative estimate of drug-likeness (QED) is 0.440. The first-order valence-corrected chi connectivity index (χ1v) is 11.7. The lowest BCUT2D eigenvalue weighted by Crippen LogP contribution is -2.47. The standard InChI is InChI=1S/C24H35N5O5/c1-17(30)25-23-26-20-14-19(33-13-7-8-21(31)27-29-11-5-6-12-29)10-9-18(20)15-28(23)16-22(32)34-24(2,3)4/h9-10,14H,5-8,11-13,15-16H2,1-4H3,(H,27,31)(H,25,26,30). The maximum absolute atomic E-state index is 12.3. The molecule has 2 heterocycles. The van der Waals surface area contributed by atoms with Crippen LogP contribution in [-0.2, 0) is 25.7 Å². The van der Waals surface area contributed by atoms with E-state index in [0.29, 0.717) is 43.4 Å². The lowest BCUT2D eigenvalue weighted by molar-refractivity contribution is -0.155. The molecule has 0 radical (unpaired) electrons. The van der Waals surface area contributed by atoms with Crippen LogP contribution in [0.2, 0.25) is 0 Å². The summed E-state index contributed by atoms with van der Waals surface area (Å²) < 4.78 is 11.2. The van der Waals surface area contributed by atoms with Gasteiger partial charge in [-0.1, -0.05) is 6.07 Å². The number of rotatable bonds is 8. The lowest BCUT2D eigenvalue weighted by atomic mass is 10.1. The minimum absolute atomic E-state index is 0.00516. The minimum atomic E-state index is -0.600. The number of fused-ring (bicyclic) bond motifs is 1. The van der Waals surface area contributed by atoms with Crippen molar-refractivity contribution in [1.29, 1.82) is 0 Å². The molecule has 0 bridgehead atoms. The van der Waals surface area contributed by atoms with Gasteiger partial charge in [-0.05, 0) is 51.7 Å². The Labute approximate surface area is 200 Å². The second kappa shape index (κ2) is 11.3. The summed E-state index contributed by atoms with van der Waals surface area (Å²) >= 11 is 0. The topological polar surface area (TPSA) is 113 Å². The van der Waals surface area contributed by atoms with Crippen LogP contribution in [0.1, 0.15) is 58.9 Å². The molecule has 2 aliphatic rings. The molecular formula is C24H35N5O5. The van der Waals surface area contributed by atoms with Crippen LogP contribution in [0.15, 0.2) is 23.2 Å². The van der Waals surface area contributed by atoms with Crippen LogP contribution in [-0.4, -0.2) is 65.5 Å². The van der Waals surface area contributed by atoms with E-state index in [4.69, 9.17) is 9.47 Å². The highest BCUT2D eigenvalue weighted by Crippen LogP contribution is 2.30. The SMILES string of the molecule is CC(=O)NC1=Nc2cc(OCCCC(=O)NN3CCCC3)ccc2CN1CC(=O)OC(C)(C)C. The van der Waals surface area contributed by atoms with Gasteiger partial charge in [0.25, 0.3) is 0 Å². The van der Waals surface area contributed by atoms with Gasteiger partial charge >= 0.3 is 5.97 Å². The zero-order valence-corrected chi connectivity index (χ0v) is 20.5. The fraction of sp³-hybridized carbons (Fsp3) is 0.583. The first kappa shape index (κ1) is 25.5. The second-order valence-electron chi connectivity index (χ2n) is 9.53. The van der Waals surface area contributed by atoms with E-state index in [2.05, 4.69) is 15.7 Å². The van der Waals surface area contributed by atoms with Gasteiger partial charge in [0.1, 0.15) is 17.9 Å². The average Bonchev–Trinajstić information content (AvgIpc) is 3.23. The van der Waals surface area contributed by atoms with E-state index in [1.165, 1.54) is 6.92 Å². The van der Waals surface area contributed by atoms with Gasteiger partial charge in [0.15, 0.2) is 0 Å². The number of guanidine groups is 1. The van der Waals surface area contributed by atoms with Gasteiger partial charge in [-0.15, -0.1) is 0 Å². The Hall–Kier alpha value is -3.14. The normalized spacial score (nSPS) is 15.9. The number of ether oxygens (including phenoxy) is 2. The van der Waals surface area contributed by atoms with Crippen molar-refractivity contribution in [3.8, 4) is 5.75 Å². The smallest absolute Gasteiger partial charge is 0.326 e. The Morgan fingerprint density at radius 1 is 1.15 bits per heavy atom. The molecule has 1 saturated heterocycles. The van der Waals surface area contributed by atoms with E-state index in [-0.39, 0.29) is 18.4 Å². The Kier molecular flexibility index (Phi) is 8.49. The van der Waals surface area contributed by atoms with Gasteiger partial charge in [-0.25, -0.2) is 10.0 Å². The maximum atomic E-state index is 12.3. The Balaban J connectivity index is 1.57. The number of nitrogens with one attached hydrogen (secondary N) is 2. The van der Waals surface area contributed by atoms with Crippen LogP contribution in [0.25, 0.3) is 0 Å². The summed E-state index contributed by atoms with van der Waals surface area (Å²) in [6.07, 6.45) is 3.23. The van der Waals surface area contributed by atoms with Crippen molar-refractivity contribution in [2.75, 3.05) is 26.2 Å². The molecule has 1 aromatic rings. The highest BCUT2D eigenvalue weighted by atomic mass is 16.6. The molecule has 0 saturated carbocycles. The highest BCUT2D eigenvalue weighted by Gasteiger charge is 2.26. The van der Waals surface area contributed by atoms with Crippen molar-refractivity contribution in [3.05, 3.63) is 23.8 Å². The molecule has 3 rings (SSSR count). The van der Waals surface area contributed by atoms with Gasteiger partial charge in [0.05, 0.1) is 12.3 Å². The molecule has 2 aliphatic heterocycles. The molecule has 0 atom stereocenters. The largest absolute Gasteiger partial charge is 0.494 e. The summed E-state index contributed by atoms with van der Waals surface area (Å²) in [5.74, 6) is 0.246. The molecule has 0 aliphatic carbocycles. The molecule has 1 fully saturated rings. The number of hydrogen-bond donors (Lipinski definition) is 2. The Bertz CT molecular complexity index is 934. The van der Waals surface area contributed by atoms with E-state index in [9.17, 15) is 14.4 Å². The van der Waals surface area contributed by atoms with Crippen LogP contribution in [0.5, 0.6) is 5.75 Å². The molecule has 0 spiro atoms. The summed E-state index contributed by atoms with van der Waals surface area (Å²) in [6.45, 7) is 9.39. The summed E-state index contributed by atoms with van der Waals surface area (Å²) in [4.78, 5) is 42.3. The minimum Gasteiger partial charge on any atom is -0.494 e. The molecule has 10 heteroatoms. The highest BCUT2D eigenvalue weighted by molar-refractivity contribution is 5.99. The van der Waals surface area contributed by atoms with E-state index in [1.54, 1.807) is 31.7 Å². The van der Waals surface area contributed by atoms with E-state index < -0.39 is 11.6 Å². The third-order valence-electron chi connectivity index (χ3n) is 5.18. The van der Waals surface area contributed by atoms with Gasteiger partial charge < -0.3 is 14.4 Å². The Morgan fingerprint density at radius 2 is 1.88 bits per heavy atom. The van der Waals surface area contributed by atoms with Crippen LogP contribution in [0.3, 0.4) is 0 Å². The molecule has 10 nitrogen and oxygen atoms in total. The van der Waals surface area contributed by atoms with E-state index >= 15 is 0 Å². The number of carbonyl (C=O) groups is 3. The molecule has 186 valence electrons. The van der Waals surface area contributed by atoms with Crippen molar-refractivity contribution in [2.45, 2.75) is 65.5 Å². The monoisotopic (exact) mass is 473 g/mol. The molecule has 0 aromatic heterocycles. The number of benzene rings is 1. The summed E-state index contributed by atoms with van der Waals surface area (Å²) in [7, 11) is 0. The molecular weight excluding hydrogens is 438 g/mol. The second-order valence-corrected chi connectivity index (χ2v) is 9.53. The van der Waals surface area contributed by atoms with Crippen LogP contribution in [0, 0.1) is 0 Å². The Morgan fingerprint density at radius 3 is 2.56 bits per heavy atom. The third-order valence-corrected chi connectivity index (χ3v) is 5.18. The maximum Gasteiger partial charge on any atom is 0.326 e. The first-order chi connectivity index (χ1) is 16.1. The number of esters is 1. The van der Waals surface area contributed by atoms with Crippen molar-refractivity contribution >= 4 is 29.4 Å². The number of hydrazine groups is 1. The van der Waals surface area contributed by atoms with Crippen molar-refractivity contribution < 1.29 is 23.9 Å². The van der Waals surface area contributed by atoms with Crippen molar-refractivity contribution in [1.82, 2.24) is 20.7 Å². The van der Waals surface area contributed by atoms with Gasteiger partial charge in [0, 0.05) is 39.0 Å². The molecule has 2 N–H and O–H groups in total. The lowest BCUT2D eigenvalue weighted by Gasteiger charge is -2.30. The summed E-state index contributed by atoms with van der Waals surface area (Å²) in [5.41, 5.74) is 3.88. The number of hydrogen-bond acceptors (Lipinski definition) is 8. The van der Waals surface area contributed by atoms with Crippen LogP contribution < -0.4 is 15.5 Å². The molecule has 34 heavy (non-hydrogen) atoms. The molecule has 2 amide bonds. The van der Waals surface area contributed by atoms with E-state index in [1.807, 2.05) is 17.1 Å². The fourth-order valence-electron chi connectivity index (χ4n) is 3.75. The number of aliphatic imine (C=N–C) groups is 1. The average molecular weight is 474 g/mol. The van der Waals surface area contributed by atoms with E-state index in [0.717, 1.165) is 31.5 Å². The third kappa shape index (κ3) is 8.02.